The molecular weight excluding hydrogens is 115 g/mol. The van der Waals surface area contributed by atoms with Gasteiger partial charge in [0, 0.05) is 0 Å². The monoisotopic (exact) mass is 125 g/mol. The van der Waals surface area contributed by atoms with Crippen molar-refractivity contribution in [1.82, 2.24) is 0 Å². The average molecular weight is 125 g/mol. The molecule has 1 unspecified atom stereocenters. The molecule has 0 N–H and O–H groups in total. The van der Waals surface area contributed by atoms with Crippen LogP contribution >= 0.6 is 7.53 Å². The maximum absolute atomic E-state index is 6.74. The summed E-state index contributed by atoms with van der Waals surface area (Å²) in [5.41, 5.74) is 0. The van der Waals surface area contributed by atoms with Gasteiger partial charge in [0.25, 0.3) is 0 Å². The number of hydrogen-bond acceptors (Lipinski definition) is 2. The maximum atomic E-state index is 6.74. The van der Waals surface area contributed by atoms with Crippen LogP contribution in [0.5, 0.6) is 0 Å². The molecule has 0 aliphatic carbocycles. The molecule has 3 heteroatoms. The van der Waals surface area contributed by atoms with Crippen LogP contribution in [0.15, 0.2) is 0 Å². The Morgan fingerprint density at radius 1 is 2.17 bits per heavy atom. The summed E-state index contributed by atoms with van der Waals surface area (Å²) < 4.78 is 11.5. The van der Waals surface area contributed by atoms with Crippen LogP contribution in [0.1, 0.15) is 13.3 Å². The van der Waals surface area contributed by atoms with Crippen molar-refractivity contribution in [3.8, 4) is 0 Å². The summed E-state index contributed by atoms with van der Waals surface area (Å²) in [7, 11) is -1.27. The molecule has 0 bridgehead atoms. The van der Waals surface area contributed by atoms with Gasteiger partial charge in [0.05, 0.1) is 6.61 Å². The SMILES string of the molecule is [3H][P+](=S)OCCC. The van der Waals surface area contributed by atoms with Gasteiger partial charge in [0.15, 0.2) is 11.8 Å². The second-order valence-electron chi connectivity index (χ2n) is 0.908. The fraction of sp³-hybridized carbons (Fsp3) is 1.00. The van der Waals surface area contributed by atoms with E-state index in [9.17, 15) is 0 Å². The smallest absolute Gasteiger partial charge is 0.170 e. The van der Waals surface area contributed by atoms with Crippen molar-refractivity contribution in [3.63, 3.8) is 0 Å². The van der Waals surface area contributed by atoms with Gasteiger partial charge in [-0.25, -0.2) is 0 Å². The van der Waals surface area contributed by atoms with Gasteiger partial charge in [-0.2, -0.15) is 4.52 Å². The number of rotatable bonds is 3. The van der Waals surface area contributed by atoms with Crippen LogP contribution in [0.25, 0.3) is 0 Å². The molecular formula is C3H8OPS+. The lowest BCUT2D eigenvalue weighted by Crippen LogP contribution is -1.74. The minimum atomic E-state index is -1.27. The summed E-state index contributed by atoms with van der Waals surface area (Å²) in [5, 5.41) is 0. The van der Waals surface area contributed by atoms with E-state index in [0.717, 1.165) is 6.42 Å². The van der Waals surface area contributed by atoms with Gasteiger partial charge in [0.2, 0.25) is 0 Å². The second kappa shape index (κ2) is 5.48. The van der Waals surface area contributed by atoms with E-state index in [1.165, 1.54) is 0 Å². The summed E-state index contributed by atoms with van der Waals surface area (Å²) >= 11 is 4.45. The largest absolute Gasteiger partial charge is 0.393 e. The Morgan fingerprint density at radius 2 is 2.83 bits per heavy atom. The molecule has 36 valence electrons. The van der Waals surface area contributed by atoms with Crippen molar-refractivity contribution in [2.24, 2.45) is 0 Å². The first kappa shape index (κ1) is 4.63. The predicted octanol–water partition coefficient (Wildman–Crippen LogP) is 1.47. The zero-order chi connectivity index (χ0) is 5.70. The highest BCUT2D eigenvalue weighted by atomic mass is 32.4. The van der Waals surface area contributed by atoms with E-state index >= 15 is 0 Å². The third-order valence-corrected chi connectivity index (χ3v) is 0.952. The molecule has 6 heavy (non-hydrogen) atoms. The third-order valence-electron chi connectivity index (χ3n) is 0.348. The van der Waals surface area contributed by atoms with Crippen molar-refractivity contribution >= 4 is 19.3 Å². The standard InChI is InChI=1S/C3H7OPS/c1-2-3-4-5-6/h2-3H2,1H3/p+1/i/hT. The molecule has 1 nitrogen and oxygen atoms in total. The van der Waals surface area contributed by atoms with Crippen molar-refractivity contribution in [1.29, 1.82) is 1.28 Å². The Kier molecular flexibility index (Phi) is 4.23. The van der Waals surface area contributed by atoms with Crippen molar-refractivity contribution < 1.29 is 4.52 Å². The molecule has 0 aliphatic heterocycles. The molecule has 0 heterocycles. The third kappa shape index (κ3) is 4.48. The summed E-state index contributed by atoms with van der Waals surface area (Å²) in [4.78, 5) is 0. The van der Waals surface area contributed by atoms with Crippen LogP contribution in [0.4, 0.5) is 0 Å². The first-order valence-corrected chi connectivity index (χ1v) is 3.69. The highest BCUT2D eigenvalue weighted by Crippen LogP contribution is 1.93. The Morgan fingerprint density at radius 3 is 3.00 bits per heavy atom. The van der Waals surface area contributed by atoms with Crippen LogP contribution in [-0.2, 0) is 16.3 Å². The highest BCUT2D eigenvalue weighted by Gasteiger charge is 1.79. The lowest BCUT2D eigenvalue weighted by molar-refractivity contribution is 0.370. The molecule has 0 aromatic carbocycles. The normalized spacial score (nSPS) is 13.5. The fourth-order valence-corrected chi connectivity index (χ4v) is 0.609. The molecule has 0 saturated heterocycles. The van der Waals surface area contributed by atoms with Gasteiger partial charge in [-0.15, -0.1) is 0 Å². The molecule has 1 atom stereocenters. The maximum Gasteiger partial charge on any atom is 0.393 e. The van der Waals surface area contributed by atoms with E-state index in [2.05, 4.69) is 11.8 Å². The summed E-state index contributed by atoms with van der Waals surface area (Å²) in [6.07, 6.45) is 0.953. The predicted molar refractivity (Wildman–Crippen MR) is 31.9 cm³/mol. The van der Waals surface area contributed by atoms with E-state index in [1.807, 2.05) is 6.92 Å². The van der Waals surface area contributed by atoms with Gasteiger partial charge < -0.3 is 0 Å². The van der Waals surface area contributed by atoms with E-state index in [4.69, 9.17) is 5.80 Å². The molecule has 0 aromatic rings. The van der Waals surface area contributed by atoms with Gasteiger partial charge in [-0.3, -0.25) is 0 Å². The second-order valence-corrected chi connectivity index (χ2v) is 1.76. The first-order chi connectivity index (χ1) is 3.27. The molecule has 0 radical (unpaired) electrons. The minimum absolute atomic E-state index is 0.638. The summed E-state index contributed by atoms with van der Waals surface area (Å²) in [5.74, 6) is 0. The lowest BCUT2D eigenvalue weighted by atomic mass is 10.5. The quantitative estimate of drug-likeness (QED) is 0.528. The van der Waals surface area contributed by atoms with E-state index < -0.39 is 7.53 Å². The molecule has 0 amide bonds. The van der Waals surface area contributed by atoms with Gasteiger partial charge in [-0.05, 0) is 6.42 Å². The summed E-state index contributed by atoms with van der Waals surface area (Å²) in [6.45, 7) is 2.63. The molecule has 0 aliphatic rings. The number of hydrogen-bond donors (Lipinski definition) is 0. The highest BCUT2D eigenvalue weighted by molar-refractivity contribution is 7.94. The molecule has 0 fully saturated rings. The van der Waals surface area contributed by atoms with Gasteiger partial charge in [0.1, 0.15) is 0 Å². The van der Waals surface area contributed by atoms with Gasteiger partial charge >= 0.3 is 8.81 Å². The van der Waals surface area contributed by atoms with Crippen molar-refractivity contribution in [2.45, 2.75) is 13.3 Å². The van der Waals surface area contributed by atoms with Crippen LogP contribution in [-0.4, -0.2) is 7.89 Å². The molecule has 0 saturated carbocycles. The van der Waals surface area contributed by atoms with Crippen LogP contribution in [0.3, 0.4) is 0 Å². The fourth-order valence-electron chi connectivity index (χ4n) is 0.129. The van der Waals surface area contributed by atoms with E-state index in [1.54, 1.807) is 0 Å². The van der Waals surface area contributed by atoms with Crippen molar-refractivity contribution in [3.05, 3.63) is 0 Å². The molecule has 0 rings (SSSR count). The van der Waals surface area contributed by atoms with Gasteiger partial charge in [-0.1, -0.05) is 6.92 Å². The lowest BCUT2D eigenvalue weighted by Gasteiger charge is -1.75. The Hall–Kier alpha value is 0.480. The van der Waals surface area contributed by atoms with E-state index in [-0.39, 0.29) is 0 Å². The topological polar surface area (TPSA) is 9.23 Å². The average Bonchev–Trinajstić information content (AvgIpc) is 1.61. The van der Waals surface area contributed by atoms with Crippen LogP contribution in [0.2, 0.25) is 0 Å². The molecule has 0 aromatic heterocycles. The Balaban J connectivity index is 2.82. The first-order valence-electron chi connectivity index (χ1n) is 2.31. The zero-order valence-corrected chi connectivity index (χ0v) is 5.39. The summed E-state index contributed by atoms with van der Waals surface area (Å²) in [6, 6.07) is 0. The Labute approximate surface area is 45.9 Å². The zero-order valence-electron chi connectivity index (χ0n) is 4.68. The van der Waals surface area contributed by atoms with Crippen LogP contribution in [0, 0.1) is 0 Å². The van der Waals surface area contributed by atoms with E-state index in [0.29, 0.717) is 6.61 Å². The van der Waals surface area contributed by atoms with Crippen molar-refractivity contribution in [2.75, 3.05) is 6.61 Å². The van der Waals surface area contributed by atoms with Crippen LogP contribution < -0.4 is 0 Å². The minimum Gasteiger partial charge on any atom is -0.170 e. The molecule has 0 spiro atoms. The Bertz CT molecular complexity index is 68.0.